The summed E-state index contributed by atoms with van der Waals surface area (Å²) in [4.78, 5) is 0. The van der Waals surface area contributed by atoms with Gasteiger partial charge in [0.05, 0.1) is 18.1 Å². The van der Waals surface area contributed by atoms with Crippen LogP contribution in [-0.4, -0.2) is 43.7 Å². The third-order valence-corrected chi connectivity index (χ3v) is 4.47. The summed E-state index contributed by atoms with van der Waals surface area (Å²) in [6, 6.07) is 0.0687. The van der Waals surface area contributed by atoms with Crippen LogP contribution in [0.15, 0.2) is 0 Å². The van der Waals surface area contributed by atoms with Crippen LogP contribution >= 0.6 is 0 Å². The van der Waals surface area contributed by atoms with Gasteiger partial charge in [0.25, 0.3) is 0 Å². The molecule has 0 aromatic heterocycles. The molecular weight excluding hydrogens is 202 g/mol. The Morgan fingerprint density at radius 3 is 2.79 bits per heavy atom. The van der Waals surface area contributed by atoms with Gasteiger partial charge in [-0.2, -0.15) is 0 Å². The van der Waals surface area contributed by atoms with Gasteiger partial charge >= 0.3 is 0 Å². The molecule has 0 aliphatic carbocycles. The van der Waals surface area contributed by atoms with E-state index < -0.39 is 9.84 Å². The first-order chi connectivity index (χ1) is 6.57. The Morgan fingerprint density at radius 1 is 1.57 bits per heavy atom. The highest BCUT2D eigenvalue weighted by Crippen LogP contribution is 2.12. The summed E-state index contributed by atoms with van der Waals surface area (Å²) in [6.07, 6.45) is 2.46. The zero-order chi connectivity index (χ0) is 10.6. The molecule has 1 unspecified atom stereocenters. The number of hydrogen-bond donors (Lipinski definition) is 2. The van der Waals surface area contributed by atoms with Gasteiger partial charge in [-0.1, -0.05) is 6.92 Å². The van der Waals surface area contributed by atoms with Gasteiger partial charge < -0.3 is 10.4 Å². The van der Waals surface area contributed by atoms with Crippen LogP contribution < -0.4 is 5.32 Å². The summed E-state index contributed by atoms with van der Waals surface area (Å²) in [6.45, 7) is 2.05. The minimum absolute atomic E-state index is 0.0332. The fraction of sp³-hybridized carbons (Fsp3) is 1.00. The van der Waals surface area contributed by atoms with Crippen LogP contribution in [0.4, 0.5) is 0 Å². The van der Waals surface area contributed by atoms with Gasteiger partial charge in [0.15, 0.2) is 9.84 Å². The van der Waals surface area contributed by atoms with Crippen molar-refractivity contribution in [2.45, 2.75) is 38.3 Å². The largest absolute Gasteiger partial charge is 0.395 e. The van der Waals surface area contributed by atoms with E-state index in [2.05, 4.69) is 5.32 Å². The van der Waals surface area contributed by atoms with Gasteiger partial charge in [0, 0.05) is 12.1 Å². The van der Waals surface area contributed by atoms with E-state index in [1.165, 1.54) is 0 Å². The zero-order valence-corrected chi connectivity index (χ0v) is 9.39. The molecule has 0 aromatic carbocycles. The molecular formula is C9H19NO3S. The molecule has 84 valence electrons. The fourth-order valence-electron chi connectivity index (χ4n) is 1.79. The summed E-state index contributed by atoms with van der Waals surface area (Å²) in [7, 11) is -2.84. The molecule has 0 aromatic rings. The summed E-state index contributed by atoms with van der Waals surface area (Å²) < 4.78 is 22.6. The smallest absolute Gasteiger partial charge is 0.151 e. The monoisotopic (exact) mass is 221 g/mol. The van der Waals surface area contributed by atoms with Crippen molar-refractivity contribution in [3.8, 4) is 0 Å². The van der Waals surface area contributed by atoms with E-state index in [4.69, 9.17) is 5.11 Å². The van der Waals surface area contributed by atoms with Crippen LogP contribution in [0, 0.1) is 0 Å². The quantitative estimate of drug-likeness (QED) is 0.697. The van der Waals surface area contributed by atoms with Crippen molar-refractivity contribution < 1.29 is 13.5 Å². The summed E-state index contributed by atoms with van der Waals surface area (Å²) >= 11 is 0. The number of rotatable bonds is 4. The van der Waals surface area contributed by atoms with Crippen molar-refractivity contribution in [1.29, 1.82) is 0 Å². The first-order valence-electron chi connectivity index (χ1n) is 5.14. The highest BCUT2D eigenvalue weighted by molar-refractivity contribution is 7.91. The van der Waals surface area contributed by atoms with E-state index in [1.807, 2.05) is 6.92 Å². The highest BCUT2D eigenvalue weighted by Gasteiger charge is 2.25. The van der Waals surface area contributed by atoms with Crippen LogP contribution in [0.5, 0.6) is 0 Å². The first-order valence-corrected chi connectivity index (χ1v) is 6.97. The van der Waals surface area contributed by atoms with Crippen LogP contribution in [0.1, 0.15) is 26.2 Å². The van der Waals surface area contributed by atoms with Crippen molar-refractivity contribution in [2.24, 2.45) is 0 Å². The molecule has 5 heteroatoms. The molecule has 0 bridgehead atoms. The minimum Gasteiger partial charge on any atom is -0.395 e. The minimum atomic E-state index is -2.84. The molecule has 0 amide bonds. The molecule has 1 aliphatic heterocycles. The standard InChI is InChI=1S/C9H19NO3S/c1-2-8(6-11)10-9-4-3-5-14(12,13)7-9/h8-11H,2-7H2,1H3/t8-,9?/m1/s1. The fourth-order valence-corrected chi connectivity index (χ4v) is 3.44. The van der Waals surface area contributed by atoms with Crippen LogP contribution in [0.2, 0.25) is 0 Å². The molecule has 1 fully saturated rings. The topological polar surface area (TPSA) is 66.4 Å². The predicted molar refractivity (Wildman–Crippen MR) is 56.0 cm³/mol. The van der Waals surface area contributed by atoms with Crippen molar-refractivity contribution >= 4 is 9.84 Å². The van der Waals surface area contributed by atoms with E-state index in [-0.39, 0.29) is 24.4 Å². The molecule has 14 heavy (non-hydrogen) atoms. The normalized spacial score (nSPS) is 28.6. The lowest BCUT2D eigenvalue weighted by atomic mass is 10.1. The van der Waals surface area contributed by atoms with Crippen molar-refractivity contribution in [3.63, 3.8) is 0 Å². The van der Waals surface area contributed by atoms with E-state index in [0.717, 1.165) is 19.3 Å². The summed E-state index contributed by atoms with van der Waals surface area (Å²) in [5.74, 6) is 0.546. The summed E-state index contributed by atoms with van der Waals surface area (Å²) in [5, 5.41) is 12.2. The van der Waals surface area contributed by atoms with Gasteiger partial charge in [-0.15, -0.1) is 0 Å². The lowest BCUT2D eigenvalue weighted by Crippen LogP contribution is -2.46. The number of nitrogens with one attached hydrogen (secondary N) is 1. The van der Waals surface area contributed by atoms with E-state index in [9.17, 15) is 8.42 Å². The molecule has 0 saturated carbocycles. The van der Waals surface area contributed by atoms with E-state index >= 15 is 0 Å². The number of sulfone groups is 1. The number of hydrogen-bond acceptors (Lipinski definition) is 4. The molecule has 0 radical (unpaired) electrons. The zero-order valence-electron chi connectivity index (χ0n) is 8.57. The molecule has 2 N–H and O–H groups in total. The molecule has 2 atom stereocenters. The van der Waals surface area contributed by atoms with Crippen LogP contribution in [0.25, 0.3) is 0 Å². The Balaban J connectivity index is 2.45. The van der Waals surface area contributed by atoms with Gasteiger partial charge in [-0.25, -0.2) is 8.42 Å². The van der Waals surface area contributed by atoms with Gasteiger partial charge in [-0.3, -0.25) is 0 Å². The third kappa shape index (κ3) is 3.55. The lowest BCUT2D eigenvalue weighted by Gasteiger charge is -2.26. The maximum atomic E-state index is 11.3. The molecule has 4 nitrogen and oxygen atoms in total. The molecule has 0 spiro atoms. The van der Waals surface area contributed by atoms with Gasteiger partial charge in [-0.05, 0) is 19.3 Å². The Hall–Kier alpha value is -0.130. The SMILES string of the molecule is CC[C@H](CO)NC1CCCS(=O)(=O)C1. The predicted octanol–water partition coefficient (Wildman–Crippen LogP) is -0.0759. The summed E-state index contributed by atoms with van der Waals surface area (Å²) in [5.41, 5.74) is 0. The first kappa shape index (κ1) is 11.9. The molecule has 1 rings (SSSR count). The number of aliphatic hydroxyl groups excluding tert-OH is 1. The average Bonchev–Trinajstić information content (AvgIpc) is 2.12. The second-order valence-electron chi connectivity index (χ2n) is 3.91. The Kier molecular flexibility index (Phi) is 4.34. The average molecular weight is 221 g/mol. The Bertz CT molecular complexity index is 259. The van der Waals surface area contributed by atoms with Crippen LogP contribution in [-0.2, 0) is 9.84 Å². The van der Waals surface area contributed by atoms with Gasteiger partial charge in [0.2, 0.25) is 0 Å². The molecule has 1 aliphatic rings. The second-order valence-corrected chi connectivity index (χ2v) is 6.14. The van der Waals surface area contributed by atoms with Crippen LogP contribution in [0.3, 0.4) is 0 Å². The third-order valence-electron chi connectivity index (χ3n) is 2.65. The Labute approximate surface area is 85.6 Å². The van der Waals surface area contributed by atoms with Gasteiger partial charge in [0.1, 0.15) is 0 Å². The second kappa shape index (κ2) is 5.09. The maximum absolute atomic E-state index is 11.3. The maximum Gasteiger partial charge on any atom is 0.151 e. The van der Waals surface area contributed by atoms with E-state index in [1.54, 1.807) is 0 Å². The number of aliphatic hydroxyl groups is 1. The highest BCUT2D eigenvalue weighted by atomic mass is 32.2. The lowest BCUT2D eigenvalue weighted by molar-refractivity contribution is 0.227. The van der Waals surface area contributed by atoms with Crippen molar-refractivity contribution in [2.75, 3.05) is 18.1 Å². The Morgan fingerprint density at radius 2 is 2.29 bits per heavy atom. The molecule has 1 heterocycles. The van der Waals surface area contributed by atoms with Crippen molar-refractivity contribution in [1.82, 2.24) is 5.32 Å². The van der Waals surface area contributed by atoms with E-state index in [0.29, 0.717) is 5.75 Å². The van der Waals surface area contributed by atoms with Crippen molar-refractivity contribution in [3.05, 3.63) is 0 Å². The molecule has 1 saturated heterocycles.